The minimum Gasteiger partial charge on any atom is -0.361 e. The van der Waals surface area contributed by atoms with Gasteiger partial charge in [-0.05, 0) is 217 Å². The smallest absolute Gasteiger partial charge is 0.125 e. The van der Waals surface area contributed by atoms with Crippen LogP contribution in [-0.2, 0) is 7.05 Å². The van der Waals surface area contributed by atoms with E-state index in [2.05, 4.69) is 439 Å². The van der Waals surface area contributed by atoms with Gasteiger partial charge in [-0.15, -0.1) is 0 Å². The number of anilines is 3. The highest BCUT2D eigenvalue weighted by Gasteiger charge is 2.22. The second kappa shape index (κ2) is 38.3. The molecule has 0 aliphatic carbocycles. The van der Waals surface area contributed by atoms with Crippen molar-refractivity contribution < 1.29 is 0 Å². The predicted molar refractivity (Wildman–Crippen MR) is 470 cm³/mol. The molecule has 0 amide bonds. The Balaban J connectivity index is 0.000000129. The molecule has 12 nitrogen and oxygen atoms in total. The largest absolute Gasteiger partial charge is 0.361 e. The van der Waals surface area contributed by atoms with E-state index in [0.29, 0.717) is 23.8 Å². The van der Waals surface area contributed by atoms with Crippen LogP contribution in [0.15, 0.2) is 365 Å². The molecule has 0 bridgehead atoms. The van der Waals surface area contributed by atoms with E-state index in [4.69, 9.17) is 0 Å². The maximum Gasteiger partial charge on any atom is 0.125 e. The number of rotatable bonds is 15. The first-order valence-electron chi connectivity index (χ1n) is 38.8. The lowest BCUT2D eigenvalue weighted by molar-refractivity contribution is 0.496. The fourth-order valence-electron chi connectivity index (χ4n) is 13.9. The number of para-hydroxylation sites is 3. The summed E-state index contributed by atoms with van der Waals surface area (Å²) < 4.78 is 9.07. The third kappa shape index (κ3) is 20.1. The SMILES string of the molecule is C1=CN(c2ccccc2)CN1c1ccccc1.CC(C)n1cccc1-c1ccccc1.CN1C=CN(c2ccccc2)C1.Cc1cc(-c2cccnn2)cc(C(C)C)c1-n1cccc1-c1ccccc1.Cc1ncc(-c2cc(C(C)C)c(-n3cccc3-c3ccccc3)c(C(C)C)c2)cn1.Cn1cccc1-c1ccccc1. The van der Waals surface area contributed by atoms with Crippen LogP contribution in [0.4, 0.5) is 17.1 Å². The molecule has 12 heteroatoms. The van der Waals surface area contributed by atoms with E-state index < -0.39 is 0 Å². The molecule has 564 valence electrons. The summed E-state index contributed by atoms with van der Waals surface area (Å²) in [6.45, 7) is 23.9. The zero-order chi connectivity index (χ0) is 78.3. The summed E-state index contributed by atoms with van der Waals surface area (Å²) >= 11 is 0. The minimum atomic E-state index is 0.384. The van der Waals surface area contributed by atoms with Crippen molar-refractivity contribution in [1.29, 1.82) is 0 Å². The molecule has 2 aliphatic rings. The first-order chi connectivity index (χ1) is 54.6. The van der Waals surface area contributed by atoms with Crippen LogP contribution in [-0.4, -0.2) is 63.7 Å². The lowest BCUT2D eigenvalue weighted by atomic mass is 9.88. The summed E-state index contributed by atoms with van der Waals surface area (Å²) in [4.78, 5) is 17.6. The molecule has 6 aromatic heterocycles. The Labute approximate surface area is 663 Å². The van der Waals surface area contributed by atoms with Crippen LogP contribution in [0.25, 0.3) is 78.8 Å². The Morgan fingerprint density at radius 3 is 1.12 bits per heavy atom. The van der Waals surface area contributed by atoms with E-state index >= 15 is 0 Å². The van der Waals surface area contributed by atoms with Gasteiger partial charge in [0.25, 0.3) is 0 Å². The molecule has 0 unspecified atom stereocenters. The van der Waals surface area contributed by atoms with Crippen molar-refractivity contribution in [3.05, 3.63) is 394 Å². The summed E-state index contributed by atoms with van der Waals surface area (Å²) in [7, 11) is 4.13. The van der Waals surface area contributed by atoms with Crippen molar-refractivity contribution in [2.24, 2.45) is 7.05 Å². The van der Waals surface area contributed by atoms with Crippen molar-refractivity contribution in [1.82, 2.24) is 43.3 Å². The minimum absolute atomic E-state index is 0.384. The predicted octanol–water partition coefficient (Wildman–Crippen LogP) is 24.9. The Morgan fingerprint density at radius 2 is 0.705 bits per heavy atom. The van der Waals surface area contributed by atoms with E-state index in [-0.39, 0.29) is 0 Å². The fourth-order valence-corrected chi connectivity index (χ4v) is 13.9. The van der Waals surface area contributed by atoms with Crippen molar-refractivity contribution in [3.8, 4) is 78.8 Å². The summed E-state index contributed by atoms with van der Waals surface area (Å²) in [5, 5.41) is 8.33. The monoisotopic (exact) mass is 1470 g/mol. The molecule has 0 spiro atoms. The second-order valence-corrected chi connectivity index (χ2v) is 29.3. The first-order valence-corrected chi connectivity index (χ1v) is 38.8. The molecule has 0 saturated heterocycles. The van der Waals surface area contributed by atoms with Crippen molar-refractivity contribution in [2.75, 3.05) is 35.1 Å². The molecule has 0 atom stereocenters. The highest BCUT2D eigenvalue weighted by molar-refractivity contribution is 5.74. The van der Waals surface area contributed by atoms with Crippen LogP contribution >= 0.6 is 0 Å². The number of aryl methyl sites for hydroxylation is 3. The van der Waals surface area contributed by atoms with Gasteiger partial charge in [0, 0.05) is 128 Å². The molecule has 2 aliphatic heterocycles. The summed E-state index contributed by atoms with van der Waals surface area (Å²) in [5.41, 5.74) is 25.7. The molecule has 15 aromatic rings. The van der Waals surface area contributed by atoms with Crippen LogP contribution in [0.1, 0.15) is 107 Å². The topological polar surface area (TPSA) is 84.2 Å². The van der Waals surface area contributed by atoms with Gasteiger partial charge in [-0.3, -0.25) is 0 Å². The maximum atomic E-state index is 4.41. The molecule has 0 fully saturated rings. The maximum absolute atomic E-state index is 4.41. The van der Waals surface area contributed by atoms with Gasteiger partial charge >= 0.3 is 0 Å². The molecule has 8 heterocycles. The summed E-state index contributed by atoms with van der Waals surface area (Å²) in [5.74, 6) is 1.95. The highest BCUT2D eigenvalue weighted by Crippen LogP contribution is 2.40. The van der Waals surface area contributed by atoms with E-state index in [0.717, 1.165) is 36.0 Å². The Bertz CT molecular complexity index is 5320. The van der Waals surface area contributed by atoms with Gasteiger partial charge in [0.1, 0.15) is 5.82 Å². The van der Waals surface area contributed by atoms with E-state index in [1.165, 1.54) is 101 Å². The van der Waals surface area contributed by atoms with E-state index in [1.54, 1.807) is 6.20 Å². The van der Waals surface area contributed by atoms with Crippen LogP contribution in [0.2, 0.25) is 0 Å². The van der Waals surface area contributed by atoms with Gasteiger partial charge in [-0.1, -0.05) is 217 Å². The lowest BCUT2D eigenvalue weighted by Gasteiger charge is -2.24. The first kappa shape index (κ1) is 78.5. The zero-order valence-corrected chi connectivity index (χ0v) is 66.7. The number of nitrogens with zero attached hydrogens (tertiary/aromatic N) is 12. The van der Waals surface area contributed by atoms with Crippen LogP contribution < -0.4 is 14.7 Å². The Morgan fingerprint density at radius 1 is 0.321 bits per heavy atom. The van der Waals surface area contributed by atoms with E-state index in [9.17, 15) is 0 Å². The van der Waals surface area contributed by atoms with Gasteiger partial charge in [-0.2, -0.15) is 10.2 Å². The van der Waals surface area contributed by atoms with Gasteiger partial charge in [0.15, 0.2) is 0 Å². The summed E-state index contributed by atoms with van der Waals surface area (Å²) in [6, 6.07) is 104. The van der Waals surface area contributed by atoms with Gasteiger partial charge in [-0.25, -0.2) is 9.97 Å². The molecule has 0 saturated carbocycles. The zero-order valence-electron chi connectivity index (χ0n) is 66.7. The molecule has 0 radical (unpaired) electrons. The number of hydrogen-bond acceptors (Lipinski definition) is 8. The molecular formula is C100H104N12. The van der Waals surface area contributed by atoms with Crippen molar-refractivity contribution in [2.45, 2.75) is 93.0 Å². The Hall–Kier alpha value is -13.1. The average Bonchev–Trinajstić information content (AvgIpc) is 1.45. The lowest BCUT2D eigenvalue weighted by Crippen LogP contribution is -2.24. The molecule has 17 rings (SSSR count). The fraction of sp³-hybridized carbons (Fsp3) is 0.180. The average molecular weight is 1470 g/mol. The molecule has 112 heavy (non-hydrogen) atoms. The third-order valence-corrected chi connectivity index (χ3v) is 19.8. The molecule has 9 aromatic carbocycles. The quantitative estimate of drug-likeness (QED) is 0.100. The van der Waals surface area contributed by atoms with Crippen molar-refractivity contribution >= 4 is 17.1 Å². The highest BCUT2D eigenvalue weighted by atomic mass is 15.3. The Kier molecular flexibility index (Phi) is 26.9. The van der Waals surface area contributed by atoms with Crippen LogP contribution in [0.5, 0.6) is 0 Å². The third-order valence-electron chi connectivity index (χ3n) is 19.8. The second-order valence-electron chi connectivity index (χ2n) is 29.3. The number of benzene rings is 9. The van der Waals surface area contributed by atoms with Gasteiger partial charge in [0.2, 0.25) is 0 Å². The number of hydrogen-bond donors (Lipinski definition) is 0. The van der Waals surface area contributed by atoms with Crippen molar-refractivity contribution in [3.63, 3.8) is 0 Å². The van der Waals surface area contributed by atoms with E-state index in [1.807, 2.05) is 61.8 Å². The molecular weight excluding hydrogens is 1370 g/mol. The van der Waals surface area contributed by atoms with Gasteiger partial charge in [0.05, 0.1) is 41.8 Å². The normalized spacial score (nSPS) is 12.0. The van der Waals surface area contributed by atoms with Crippen LogP contribution in [0, 0.1) is 13.8 Å². The summed E-state index contributed by atoms with van der Waals surface area (Å²) in [6.07, 6.45) is 22.5. The molecule has 0 N–H and O–H groups in total. The standard InChI is InChI=1S/C27H29N3.C24H23N3.C15H14N2.C13H15N.C11H11N.C10H12N2/c1-18(2)24-14-22(23-16-28-20(5)29-17-23)15-25(19(3)4)27(24)30-13-9-12-26(30)21-10-7-6-8-11-21;1-17(2)21-16-20(22-11-7-13-25-26-22)15-18(3)24(21)27-14-8-12-23(27)19-9-5-4-6-10-19;1-3-7-14(8-4-1)16-11-12-17(13-16)15-9-5-2-6-10-15;1-11(2)14-10-6-9-13(14)12-7-4-3-5-8-12;1-12-9-5-8-11(12)10-6-3-2-4-7-10;1-11-7-8-12(9-11)10-5-3-2-4-6-10/h6-19H,1-5H3;4-17H,1-3H3;1-12H,13H2;3-11H,1-2H3;2-9H,1H3;2-8H,9H2,1H3. The van der Waals surface area contributed by atoms with Crippen LogP contribution in [0.3, 0.4) is 0 Å². The number of aromatic nitrogens is 8. The van der Waals surface area contributed by atoms with Gasteiger partial charge < -0.3 is 37.9 Å².